The molecule has 0 amide bonds. The minimum Gasteiger partial charge on any atom is -0.280 e. The highest BCUT2D eigenvalue weighted by Gasteiger charge is 2.30. The number of benzene rings is 2. The number of nitrogens with zero attached hydrogens (tertiary/aromatic N) is 2. The fraction of sp³-hybridized carbons (Fsp3) is 0.211. The molecule has 0 radical (unpaired) electrons. The van der Waals surface area contributed by atoms with Crippen LogP contribution in [0.2, 0.25) is 0 Å². The second-order valence-electron chi connectivity index (χ2n) is 6.46. The molecule has 2 aromatic carbocycles. The summed E-state index contributed by atoms with van der Waals surface area (Å²) in [6.45, 7) is 3.73. The van der Waals surface area contributed by atoms with Gasteiger partial charge in [-0.15, -0.1) is 0 Å². The van der Waals surface area contributed by atoms with Gasteiger partial charge >= 0.3 is 6.18 Å². The maximum Gasteiger partial charge on any atom is 0.416 e. The minimum atomic E-state index is -4.49. The molecule has 148 valence electrons. The molecule has 0 atom stereocenters. The Balaban J connectivity index is 1.99. The molecule has 0 aliphatic rings. The highest BCUT2D eigenvalue weighted by atomic mass is 32.2. The van der Waals surface area contributed by atoms with Crippen LogP contribution in [0.5, 0.6) is 0 Å². The Labute approximate surface area is 160 Å². The van der Waals surface area contributed by atoms with E-state index < -0.39 is 21.8 Å². The summed E-state index contributed by atoms with van der Waals surface area (Å²) in [4.78, 5) is -0.0488. The molecule has 28 heavy (non-hydrogen) atoms. The van der Waals surface area contributed by atoms with Crippen LogP contribution in [0, 0.1) is 0 Å². The van der Waals surface area contributed by atoms with Gasteiger partial charge in [0, 0.05) is 23.5 Å². The van der Waals surface area contributed by atoms with E-state index in [1.807, 2.05) is 13.8 Å². The average molecular weight is 409 g/mol. The third-order valence-electron chi connectivity index (χ3n) is 4.03. The Hall–Kier alpha value is -2.81. The number of hydrogen-bond donors (Lipinski definition) is 1. The van der Waals surface area contributed by atoms with E-state index in [-0.39, 0.29) is 22.3 Å². The predicted octanol–water partition coefficient (Wildman–Crippen LogP) is 4.95. The van der Waals surface area contributed by atoms with Gasteiger partial charge in [-0.2, -0.15) is 18.3 Å². The van der Waals surface area contributed by atoms with Crippen molar-refractivity contribution in [1.29, 1.82) is 0 Å². The van der Waals surface area contributed by atoms with Gasteiger partial charge in [0.25, 0.3) is 10.0 Å². The van der Waals surface area contributed by atoms with Crippen LogP contribution in [-0.4, -0.2) is 18.2 Å². The van der Waals surface area contributed by atoms with Crippen LogP contribution in [0.1, 0.15) is 25.5 Å². The van der Waals surface area contributed by atoms with Crippen molar-refractivity contribution in [2.45, 2.75) is 31.0 Å². The summed E-state index contributed by atoms with van der Waals surface area (Å²) in [7, 11) is -4.07. The number of halogens is 3. The second-order valence-corrected chi connectivity index (χ2v) is 8.11. The predicted molar refractivity (Wildman–Crippen MR) is 100 cm³/mol. The molecule has 3 rings (SSSR count). The lowest BCUT2D eigenvalue weighted by atomic mass is 10.2. The summed E-state index contributed by atoms with van der Waals surface area (Å²) in [6, 6.07) is 12.6. The number of nitrogens with one attached hydrogen (secondary N) is 1. The number of rotatable bonds is 5. The Morgan fingerprint density at radius 3 is 2.14 bits per heavy atom. The molecular formula is C19H18F3N3O2S. The lowest BCUT2D eigenvalue weighted by molar-refractivity contribution is -0.137. The van der Waals surface area contributed by atoms with Gasteiger partial charge in [0.2, 0.25) is 0 Å². The Bertz CT molecular complexity index is 1060. The van der Waals surface area contributed by atoms with Gasteiger partial charge in [-0.05, 0) is 38.1 Å². The van der Waals surface area contributed by atoms with E-state index in [2.05, 4.69) is 9.82 Å². The lowest BCUT2D eigenvalue weighted by Crippen LogP contribution is -2.14. The normalized spacial score (nSPS) is 12.4. The van der Waals surface area contributed by atoms with Gasteiger partial charge in [-0.3, -0.25) is 9.40 Å². The number of aromatic nitrogens is 2. The van der Waals surface area contributed by atoms with Crippen LogP contribution in [0.3, 0.4) is 0 Å². The van der Waals surface area contributed by atoms with Crippen LogP contribution < -0.4 is 4.72 Å². The molecule has 0 aliphatic carbocycles. The van der Waals surface area contributed by atoms with Crippen LogP contribution >= 0.6 is 0 Å². The lowest BCUT2D eigenvalue weighted by Gasteiger charge is -2.10. The first-order chi connectivity index (χ1) is 13.1. The second kappa shape index (κ2) is 7.31. The fourth-order valence-electron chi connectivity index (χ4n) is 2.57. The third-order valence-corrected chi connectivity index (χ3v) is 5.41. The van der Waals surface area contributed by atoms with E-state index in [4.69, 9.17) is 0 Å². The van der Waals surface area contributed by atoms with Crippen LogP contribution in [0.25, 0.3) is 11.3 Å². The standard InChI is InChI=1S/C19H18F3N3O2S/c1-13(2)25-12-17(18(23-25)14-6-4-3-5-7-14)28(26,27)24-16-10-8-15(9-11-16)19(20,21)22/h3-13,24H,1-2H3. The van der Waals surface area contributed by atoms with Crippen molar-refractivity contribution in [2.75, 3.05) is 4.72 Å². The largest absolute Gasteiger partial charge is 0.416 e. The van der Waals surface area contributed by atoms with Gasteiger partial charge < -0.3 is 0 Å². The molecule has 1 N–H and O–H groups in total. The molecule has 0 spiro atoms. The molecule has 0 saturated heterocycles. The van der Waals surface area contributed by atoms with Crippen molar-refractivity contribution in [3.8, 4) is 11.3 Å². The van der Waals surface area contributed by atoms with Crippen molar-refractivity contribution in [2.24, 2.45) is 0 Å². The van der Waals surface area contributed by atoms with Crippen molar-refractivity contribution in [1.82, 2.24) is 9.78 Å². The van der Waals surface area contributed by atoms with E-state index in [9.17, 15) is 21.6 Å². The fourth-order valence-corrected chi connectivity index (χ4v) is 3.79. The summed E-state index contributed by atoms with van der Waals surface area (Å²) in [5, 5.41) is 4.38. The molecule has 3 aromatic rings. The molecule has 0 fully saturated rings. The van der Waals surface area contributed by atoms with Crippen LogP contribution in [0.15, 0.2) is 65.7 Å². The summed E-state index contributed by atoms with van der Waals surface area (Å²) >= 11 is 0. The van der Waals surface area contributed by atoms with Gasteiger partial charge in [0.1, 0.15) is 10.6 Å². The van der Waals surface area contributed by atoms with Crippen molar-refractivity contribution < 1.29 is 21.6 Å². The third kappa shape index (κ3) is 4.19. The van der Waals surface area contributed by atoms with Gasteiger partial charge in [-0.25, -0.2) is 8.42 Å². The summed E-state index contributed by atoms with van der Waals surface area (Å²) in [6.07, 6.45) is -3.07. The highest BCUT2D eigenvalue weighted by molar-refractivity contribution is 7.92. The van der Waals surface area contributed by atoms with E-state index in [1.54, 1.807) is 30.3 Å². The Morgan fingerprint density at radius 2 is 1.61 bits per heavy atom. The Kier molecular flexibility index (Phi) is 5.20. The quantitative estimate of drug-likeness (QED) is 0.648. The zero-order valence-electron chi connectivity index (χ0n) is 15.1. The number of anilines is 1. The van der Waals surface area contributed by atoms with Crippen molar-refractivity contribution in [3.05, 3.63) is 66.4 Å². The zero-order valence-corrected chi connectivity index (χ0v) is 15.9. The molecular weight excluding hydrogens is 391 g/mol. The topological polar surface area (TPSA) is 64.0 Å². The number of hydrogen-bond acceptors (Lipinski definition) is 3. The number of alkyl halides is 3. The van der Waals surface area contributed by atoms with Crippen molar-refractivity contribution >= 4 is 15.7 Å². The molecule has 0 unspecified atom stereocenters. The summed E-state index contributed by atoms with van der Waals surface area (Å²) in [5.74, 6) is 0. The van der Waals surface area contributed by atoms with Crippen LogP contribution in [0.4, 0.5) is 18.9 Å². The average Bonchev–Trinajstić information content (AvgIpc) is 3.09. The molecule has 0 bridgehead atoms. The summed E-state index contributed by atoms with van der Waals surface area (Å²) in [5.41, 5.74) is 0.0702. The van der Waals surface area contributed by atoms with E-state index >= 15 is 0 Å². The maximum atomic E-state index is 12.9. The first-order valence-electron chi connectivity index (χ1n) is 8.42. The molecule has 0 aliphatic heterocycles. The first-order valence-corrected chi connectivity index (χ1v) is 9.91. The molecule has 5 nitrogen and oxygen atoms in total. The highest BCUT2D eigenvalue weighted by Crippen LogP contribution is 2.31. The van der Waals surface area contributed by atoms with E-state index in [0.29, 0.717) is 5.56 Å². The number of sulfonamides is 1. The smallest absolute Gasteiger partial charge is 0.280 e. The SMILES string of the molecule is CC(C)n1cc(S(=O)(=O)Nc2ccc(C(F)(F)F)cc2)c(-c2ccccc2)n1. The molecule has 1 heterocycles. The van der Waals surface area contributed by atoms with Gasteiger partial charge in [-0.1, -0.05) is 30.3 Å². The van der Waals surface area contributed by atoms with E-state index in [0.717, 1.165) is 24.3 Å². The van der Waals surface area contributed by atoms with E-state index in [1.165, 1.54) is 10.9 Å². The van der Waals surface area contributed by atoms with Gasteiger partial charge in [0.15, 0.2) is 0 Å². The molecule has 1 aromatic heterocycles. The van der Waals surface area contributed by atoms with Crippen molar-refractivity contribution in [3.63, 3.8) is 0 Å². The Morgan fingerprint density at radius 1 is 1.00 bits per heavy atom. The van der Waals surface area contributed by atoms with Gasteiger partial charge in [0.05, 0.1) is 5.56 Å². The minimum absolute atomic E-state index is 0.0318. The van der Waals surface area contributed by atoms with Crippen LogP contribution in [-0.2, 0) is 16.2 Å². The maximum absolute atomic E-state index is 12.9. The first kappa shape index (κ1) is 19.9. The monoisotopic (exact) mass is 409 g/mol. The molecule has 0 saturated carbocycles. The summed E-state index contributed by atoms with van der Waals surface area (Å²) < 4.78 is 67.8. The molecule has 9 heteroatoms. The zero-order chi connectivity index (χ0) is 20.5.